The van der Waals surface area contributed by atoms with Gasteiger partial charge in [-0.2, -0.15) is 31.4 Å². The van der Waals surface area contributed by atoms with Gasteiger partial charge in [0.1, 0.15) is 17.2 Å². The van der Waals surface area contributed by atoms with Crippen LogP contribution in [0.15, 0.2) is 86.7 Å². The summed E-state index contributed by atoms with van der Waals surface area (Å²) >= 11 is 0. The molecule has 0 saturated heterocycles. The van der Waals surface area contributed by atoms with E-state index >= 15 is 0 Å². The second kappa shape index (κ2) is 9.91. The number of ketones is 1. The Balaban J connectivity index is 1.23. The lowest BCUT2D eigenvalue weighted by molar-refractivity contribution is -0.138. The third kappa shape index (κ3) is 5.53. The van der Waals surface area contributed by atoms with Gasteiger partial charge in [0.2, 0.25) is 5.78 Å². The van der Waals surface area contributed by atoms with Crippen LogP contribution < -0.4 is 5.43 Å². The molecule has 0 aliphatic heterocycles. The fourth-order valence-corrected chi connectivity index (χ4v) is 3.78. The van der Waals surface area contributed by atoms with E-state index in [-0.39, 0.29) is 39.7 Å². The first-order chi connectivity index (χ1) is 18.9. The highest BCUT2D eigenvalue weighted by Crippen LogP contribution is 2.35. The number of hydrogen-bond acceptors (Lipinski definition) is 5. The van der Waals surface area contributed by atoms with Crippen molar-refractivity contribution >= 4 is 29.0 Å². The van der Waals surface area contributed by atoms with Crippen LogP contribution in [0.25, 0.3) is 33.7 Å². The number of amides is 1. The molecule has 0 bridgehead atoms. The molecule has 0 radical (unpaired) electrons. The molecular formula is C27H15F6N3O4. The molecule has 5 rings (SSSR count). The molecule has 0 unspecified atom stereocenters. The quantitative estimate of drug-likeness (QED) is 0.0985. The number of hydrogen-bond donors (Lipinski definition) is 2. The monoisotopic (exact) mass is 559 g/mol. The number of nitrogens with zero attached hydrogens (tertiary/aromatic N) is 1. The van der Waals surface area contributed by atoms with E-state index in [4.69, 9.17) is 8.83 Å². The fraction of sp³-hybridized carbons (Fsp3) is 0.0741. The van der Waals surface area contributed by atoms with E-state index in [0.29, 0.717) is 5.52 Å². The van der Waals surface area contributed by atoms with Crippen molar-refractivity contribution in [1.29, 1.82) is 0 Å². The molecule has 5 aromatic rings. The zero-order chi connectivity index (χ0) is 28.7. The van der Waals surface area contributed by atoms with Crippen molar-refractivity contribution in [2.24, 2.45) is 5.10 Å². The molecule has 204 valence electrons. The summed E-state index contributed by atoms with van der Waals surface area (Å²) in [5.74, 6) is -1.54. The number of carbonyl (C=O) groups excluding carboxylic acids is 2. The van der Waals surface area contributed by atoms with E-state index in [0.717, 1.165) is 30.5 Å². The van der Waals surface area contributed by atoms with Gasteiger partial charge in [-0.3, -0.25) is 9.59 Å². The fourth-order valence-electron chi connectivity index (χ4n) is 3.78. The number of H-pyrrole nitrogens is 1. The number of benzene rings is 2. The lowest BCUT2D eigenvalue weighted by atomic mass is 10.1. The van der Waals surface area contributed by atoms with Crippen LogP contribution in [0.3, 0.4) is 0 Å². The molecule has 7 nitrogen and oxygen atoms in total. The molecule has 0 atom stereocenters. The number of nitrogens with one attached hydrogen (secondary N) is 2. The smallest absolute Gasteiger partial charge is 0.416 e. The van der Waals surface area contributed by atoms with Gasteiger partial charge >= 0.3 is 12.4 Å². The Bertz CT molecular complexity index is 1730. The SMILES string of the molecule is O=C(NN=CC(=O)c1ccc(-c2cccc(C(F)(F)F)c2)o1)c1cc2oc(-c3cccc(C(F)(F)F)c3)cc2[nH]1. The van der Waals surface area contributed by atoms with Crippen molar-refractivity contribution in [2.45, 2.75) is 12.4 Å². The van der Waals surface area contributed by atoms with Gasteiger partial charge in [-0.1, -0.05) is 24.3 Å². The first-order valence-electron chi connectivity index (χ1n) is 11.3. The number of rotatable bonds is 6. The van der Waals surface area contributed by atoms with E-state index in [9.17, 15) is 35.9 Å². The average molecular weight is 559 g/mol. The van der Waals surface area contributed by atoms with Gasteiger partial charge in [0.15, 0.2) is 11.3 Å². The maximum absolute atomic E-state index is 13.0. The summed E-state index contributed by atoms with van der Waals surface area (Å²) in [5, 5.41) is 3.56. The minimum atomic E-state index is -4.54. The Morgan fingerprint density at radius 3 is 2.00 bits per heavy atom. The minimum Gasteiger partial charge on any atom is -0.454 e. The van der Waals surface area contributed by atoms with Gasteiger partial charge < -0.3 is 13.8 Å². The first-order valence-corrected chi connectivity index (χ1v) is 11.3. The van der Waals surface area contributed by atoms with Gasteiger partial charge in [-0.05, 0) is 36.4 Å². The lowest BCUT2D eigenvalue weighted by Gasteiger charge is -2.07. The second-order valence-electron chi connectivity index (χ2n) is 8.46. The molecule has 0 saturated carbocycles. The third-order valence-corrected chi connectivity index (χ3v) is 5.70. The third-order valence-electron chi connectivity index (χ3n) is 5.70. The molecule has 3 aromatic heterocycles. The topological polar surface area (TPSA) is 101 Å². The Morgan fingerprint density at radius 1 is 0.775 bits per heavy atom. The molecule has 3 heterocycles. The van der Waals surface area contributed by atoms with Crippen LogP contribution >= 0.6 is 0 Å². The Labute approximate surface area is 220 Å². The van der Waals surface area contributed by atoms with Crippen molar-refractivity contribution in [1.82, 2.24) is 10.4 Å². The zero-order valence-electron chi connectivity index (χ0n) is 19.9. The summed E-state index contributed by atoms with van der Waals surface area (Å²) in [6, 6.07) is 14.3. The normalized spacial score (nSPS) is 12.3. The van der Waals surface area contributed by atoms with Gasteiger partial charge in [0.25, 0.3) is 5.91 Å². The number of furan rings is 2. The van der Waals surface area contributed by atoms with Crippen LogP contribution in [-0.4, -0.2) is 22.9 Å². The van der Waals surface area contributed by atoms with Crippen LogP contribution in [0.5, 0.6) is 0 Å². The van der Waals surface area contributed by atoms with Gasteiger partial charge in [-0.25, -0.2) is 5.43 Å². The predicted octanol–water partition coefficient (Wildman–Crippen LogP) is 7.32. The summed E-state index contributed by atoms with van der Waals surface area (Å²) in [6.07, 6.45) is -8.30. The number of aromatic nitrogens is 1. The number of Topliss-reactive ketones (excluding diaryl/α,β-unsaturated/α-hetero) is 1. The van der Waals surface area contributed by atoms with Gasteiger partial charge in [0, 0.05) is 23.3 Å². The largest absolute Gasteiger partial charge is 0.454 e. The second-order valence-corrected chi connectivity index (χ2v) is 8.46. The van der Waals surface area contributed by atoms with Crippen LogP contribution in [0.4, 0.5) is 26.3 Å². The number of carbonyl (C=O) groups is 2. The molecular weight excluding hydrogens is 544 g/mol. The highest BCUT2D eigenvalue weighted by Gasteiger charge is 2.31. The Kier molecular flexibility index (Phi) is 6.57. The van der Waals surface area contributed by atoms with E-state index in [1.54, 1.807) is 0 Å². The van der Waals surface area contributed by atoms with E-state index < -0.39 is 35.2 Å². The van der Waals surface area contributed by atoms with Crippen molar-refractivity contribution in [3.05, 3.63) is 95.4 Å². The first kappa shape index (κ1) is 26.5. The van der Waals surface area contributed by atoms with Gasteiger partial charge in [-0.15, -0.1) is 0 Å². The van der Waals surface area contributed by atoms with E-state index in [2.05, 4.69) is 15.5 Å². The Morgan fingerprint density at radius 2 is 1.40 bits per heavy atom. The lowest BCUT2D eigenvalue weighted by Crippen LogP contribution is -2.18. The number of hydrazone groups is 1. The summed E-state index contributed by atoms with van der Waals surface area (Å²) in [6.45, 7) is 0. The molecule has 1 amide bonds. The summed E-state index contributed by atoms with van der Waals surface area (Å²) in [7, 11) is 0. The van der Waals surface area contributed by atoms with Crippen LogP contribution in [-0.2, 0) is 12.4 Å². The molecule has 2 N–H and O–H groups in total. The Hall–Kier alpha value is -5.07. The average Bonchev–Trinajstić information content (AvgIpc) is 3.63. The molecule has 0 aliphatic rings. The van der Waals surface area contributed by atoms with E-state index in [1.807, 2.05) is 0 Å². The molecule has 0 spiro atoms. The molecule has 13 heteroatoms. The maximum atomic E-state index is 13.0. The number of aromatic amines is 1. The van der Waals surface area contributed by atoms with Crippen LogP contribution in [0.1, 0.15) is 32.2 Å². The zero-order valence-corrected chi connectivity index (χ0v) is 19.9. The van der Waals surface area contributed by atoms with Crippen molar-refractivity contribution in [3.63, 3.8) is 0 Å². The molecule has 0 aliphatic carbocycles. The highest BCUT2D eigenvalue weighted by atomic mass is 19.4. The van der Waals surface area contributed by atoms with Crippen LogP contribution in [0.2, 0.25) is 0 Å². The molecule has 2 aromatic carbocycles. The standard InChI is InChI=1S/C27H15F6N3O4/c28-26(29,30)16-5-1-3-14(9-16)21-7-8-22(39-21)20(37)13-34-36-25(38)19-12-24-18(35-19)11-23(40-24)15-4-2-6-17(10-15)27(31,32)33/h1-13,35H,(H,36,38). The van der Waals surface area contributed by atoms with Crippen molar-refractivity contribution < 1.29 is 44.8 Å². The number of alkyl halides is 6. The minimum absolute atomic E-state index is 0.00114. The molecule has 0 fully saturated rings. The summed E-state index contributed by atoms with van der Waals surface area (Å²) < 4.78 is 88.7. The van der Waals surface area contributed by atoms with Crippen molar-refractivity contribution in [3.8, 4) is 22.6 Å². The number of halogens is 6. The van der Waals surface area contributed by atoms with Gasteiger partial charge in [0.05, 0.1) is 22.9 Å². The summed E-state index contributed by atoms with van der Waals surface area (Å²) in [4.78, 5) is 27.5. The predicted molar refractivity (Wildman–Crippen MR) is 130 cm³/mol. The summed E-state index contributed by atoms with van der Waals surface area (Å²) in [5.41, 5.74) is 1.28. The van der Waals surface area contributed by atoms with E-state index in [1.165, 1.54) is 48.5 Å². The number of fused-ring (bicyclic) bond motifs is 1. The highest BCUT2D eigenvalue weighted by molar-refractivity contribution is 6.34. The molecule has 40 heavy (non-hydrogen) atoms. The maximum Gasteiger partial charge on any atom is 0.416 e. The van der Waals surface area contributed by atoms with Crippen molar-refractivity contribution in [2.75, 3.05) is 0 Å². The van der Waals surface area contributed by atoms with Crippen LogP contribution in [0, 0.1) is 0 Å².